The maximum atomic E-state index is 12.4. The van der Waals surface area contributed by atoms with E-state index in [1.54, 1.807) is 30.6 Å². The predicted molar refractivity (Wildman–Crippen MR) is 111 cm³/mol. The lowest BCUT2D eigenvalue weighted by atomic mass is 10.1. The molecule has 0 atom stereocenters. The van der Waals surface area contributed by atoms with E-state index in [4.69, 9.17) is 4.52 Å². The predicted octanol–water partition coefficient (Wildman–Crippen LogP) is 1.60. The number of hydrogen-bond acceptors (Lipinski definition) is 7. The Balaban J connectivity index is 1.42. The molecule has 0 radical (unpaired) electrons. The van der Waals surface area contributed by atoms with E-state index in [0.29, 0.717) is 23.8 Å². The van der Waals surface area contributed by atoms with Gasteiger partial charge in [0.15, 0.2) is 0 Å². The largest absolute Gasteiger partial charge is 0.339 e. The average Bonchev–Trinajstić information content (AvgIpc) is 3.24. The van der Waals surface area contributed by atoms with E-state index in [0.717, 1.165) is 11.1 Å². The van der Waals surface area contributed by atoms with Crippen molar-refractivity contribution in [1.82, 2.24) is 24.7 Å². The van der Waals surface area contributed by atoms with E-state index in [1.165, 1.54) is 16.8 Å². The molecular formula is C21H18N6O4. The Bertz CT molecular complexity index is 1310. The molecule has 4 aromatic rings. The molecule has 1 aromatic carbocycles. The molecule has 2 N–H and O–H groups in total. The summed E-state index contributed by atoms with van der Waals surface area (Å²) >= 11 is 0. The smallest absolute Gasteiger partial charge is 0.328 e. The summed E-state index contributed by atoms with van der Waals surface area (Å²) in [6.07, 6.45) is 5.07. The number of anilines is 1. The van der Waals surface area contributed by atoms with Crippen LogP contribution in [0.2, 0.25) is 0 Å². The highest BCUT2D eigenvalue weighted by atomic mass is 16.5. The van der Waals surface area contributed by atoms with Gasteiger partial charge in [0.2, 0.25) is 17.6 Å². The van der Waals surface area contributed by atoms with Crippen LogP contribution in [0.3, 0.4) is 0 Å². The molecule has 10 heteroatoms. The normalized spacial score (nSPS) is 10.7. The van der Waals surface area contributed by atoms with Crippen molar-refractivity contribution in [3.63, 3.8) is 0 Å². The molecule has 0 fully saturated rings. The third-order valence-corrected chi connectivity index (χ3v) is 4.50. The molecule has 3 aromatic heterocycles. The highest BCUT2D eigenvalue weighted by molar-refractivity contribution is 5.91. The number of nitrogens with zero attached hydrogens (tertiary/aromatic N) is 4. The second kappa shape index (κ2) is 8.99. The number of nitrogens with one attached hydrogen (secondary N) is 2. The number of rotatable bonds is 7. The molecule has 0 spiro atoms. The zero-order valence-electron chi connectivity index (χ0n) is 16.3. The molecule has 0 saturated heterocycles. The topological polar surface area (TPSA) is 136 Å². The van der Waals surface area contributed by atoms with Crippen molar-refractivity contribution < 1.29 is 9.32 Å². The summed E-state index contributed by atoms with van der Waals surface area (Å²) in [7, 11) is 0. The van der Waals surface area contributed by atoms with Crippen molar-refractivity contribution in [1.29, 1.82) is 0 Å². The molecule has 31 heavy (non-hydrogen) atoms. The minimum absolute atomic E-state index is 0.0615. The highest BCUT2D eigenvalue weighted by Crippen LogP contribution is 2.20. The first-order chi connectivity index (χ1) is 15.1. The zero-order chi connectivity index (χ0) is 21.6. The van der Waals surface area contributed by atoms with Gasteiger partial charge in [-0.1, -0.05) is 23.4 Å². The summed E-state index contributed by atoms with van der Waals surface area (Å²) in [5.74, 6) is 0.573. The average molecular weight is 418 g/mol. The van der Waals surface area contributed by atoms with Crippen LogP contribution in [0.4, 0.5) is 5.69 Å². The molecule has 156 valence electrons. The number of hydrogen-bond donors (Lipinski definition) is 2. The number of aromatic nitrogens is 5. The van der Waals surface area contributed by atoms with E-state index >= 15 is 0 Å². The third-order valence-electron chi connectivity index (χ3n) is 4.50. The summed E-state index contributed by atoms with van der Waals surface area (Å²) in [6, 6.07) is 12.1. The first kappa shape index (κ1) is 20.0. The van der Waals surface area contributed by atoms with Gasteiger partial charge in [-0.25, -0.2) is 4.79 Å². The number of carbonyl (C=O) groups excluding carboxylic acids is 1. The van der Waals surface area contributed by atoms with Gasteiger partial charge in [0.25, 0.3) is 5.56 Å². The first-order valence-corrected chi connectivity index (χ1v) is 9.49. The molecule has 0 aliphatic heterocycles. The van der Waals surface area contributed by atoms with Gasteiger partial charge in [0.05, 0.1) is 6.42 Å². The molecule has 4 rings (SSSR count). The monoisotopic (exact) mass is 418 g/mol. The van der Waals surface area contributed by atoms with E-state index in [2.05, 4.69) is 25.4 Å². The van der Waals surface area contributed by atoms with Crippen molar-refractivity contribution in [3.8, 4) is 11.4 Å². The molecule has 10 nitrogen and oxygen atoms in total. The van der Waals surface area contributed by atoms with E-state index in [9.17, 15) is 14.4 Å². The lowest BCUT2D eigenvalue weighted by molar-refractivity contribution is -0.116. The van der Waals surface area contributed by atoms with Crippen LogP contribution in [0, 0.1) is 0 Å². The standard InChI is InChI=1S/C21H18N6O4/c28-17(7-10-27-11-8-18(29)24-21(27)30)23-16-6-2-1-4-14(16)12-19-25-20(26-31-19)15-5-3-9-22-13-15/h1-6,8-9,11,13H,7,10,12H2,(H,23,28)(H,24,29,30). The lowest BCUT2D eigenvalue weighted by Gasteiger charge is -2.10. The third kappa shape index (κ3) is 4.99. The molecule has 0 aliphatic carbocycles. The fraction of sp³-hybridized carbons (Fsp3) is 0.143. The van der Waals surface area contributed by atoms with Crippen molar-refractivity contribution in [2.75, 3.05) is 5.32 Å². The van der Waals surface area contributed by atoms with Crippen LogP contribution >= 0.6 is 0 Å². The summed E-state index contributed by atoms with van der Waals surface area (Å²) < 4.78 is 6.61. The second-order valence-corrected chi connectivity index (χ2v) is 6.69. The fourth-order valence-corrected chi connectivity index (χ4v) is 2.95. The van der Waals surface area contributed by atoms with Gasteiger partial charge in [0, 0.05) is 48.9 Å². The Hall–Kier alpha value is -4.34. The van der Waals surface area contributed by atoms with Crippen LogP contribution in [-0.4, -0.2) is 30.6 Å². The van der Waals surface area contributed by atoms with Crippen LogP contribution in [0.1, 0.15) is 17.9 Å². The zero-order valence-corrected chi connectivity index (χ0v) is 16.3. The number of carbonyl (C=O) groups is 1. The molecule has 0 bridgehead atoms. The number of pyridine rings is 1. The van der Waals surface area contributed by atoms with Crippen molar-refractivity contribution in [3.05, 3.63) is 93.3 Å². The molecule has 0 unspecified atom stereocenters. The minimum atomic E-state index is -0.554. The summed E-state index contributed by atoms with van der Waals surface area (Å²) in [5, 5.41) is 6.82. The number of aryl methyl sites for hydroxylation is 1. The quantitative estimate of drug-likeness (QED) is 0.465. The summed E-state index contributed by atoms with van der Waals surface area (Å²) in [5.41, 5.74) is 1.13. The van der Waals surface area contributed by atoms with Crippen molar-refractivity contribution in [2.24, 2.45) is 0 Å². The number of para-hydroxylation sites is 1. The Morgan fingerprint density at radius 1 is 1.13 bits per heavy atom. The van der Waals surface area contributed by atoms with Gasteiger partial charge in [-0.3, -0.25) is 19.6 Å². The van der Waals surface area contributed by atoms with Crippen LogP contribution in [0.15, 0.2) is 75.2 Å². The van der Waals surface area contributed by atoms with Crippen LogP contribution < -0.4 is 16.6 Å². The lowest BCUT2D eigenvalue weighted by Crippen LogP contribution is -2.29. The molecule has 0 aliphatic rings. The fourth-order valence-electron chi connectivity index (χ4n) is 2.95. The van der Waals surface area contributed by atoms with Gasteiger partial charge >= 0.3 is 5.69 Å². The van der Waals surface area contributed by atoms with E-state index in [1.807, 2.05) is 18.2 Å². The molecular weight excluding hydrogens is 400 g/mol. The van der Waals surface area contributed by atoms with E-state index < -0.39 is 11.2 Å². The van der Waals surface area contributed by atoms with Crippen molar-refractivity contribution in [2.45, 2.75) is 19.4 Å². The molecule has 3 heterocycles. The molecule has 1 amide bonds. The number of H-pyrrole nitrogens is 1. The van der Waals surface area contributed by atoms with Gasteiger partial charge in [-0.05, 0) is 23.8 Å². The van der Waals surface area contributed by atoms with Gasteiger partial charge in [0.1, 0.15) is 0 Å². The summed E-state index contributed by atoms with van der Waals surface area (Å²) in [4.78, 5) is 45.8. The summed E-state index contributed by atoms with van der Waals surface area (Å²) in [6.45, 7) is 0.141. The number of benzene rings is 1. The van der Waals surface area contributed by atoms with Crippen LogP contribution in [0.5, 0.6) is 0 Å². The maximum absolute atomic E-state index is 12.4. The first-order valence-electron chi connectivity index (χ1n) is 9.49. The number of aromatic amines is 1. The minimum Gasteiger partial charge on any atom is -0.339 e. The van der Waals surface area contributed by atoms with Gasteiger partial charge < -0.3 is 14.4 Å². The van der Waals surface area contributed by atoms with Gasteiger partial charge in [-0.15, -0.1) is 0 Å². The van der Waals surface area contributed by atoms with Crippen LogP contribution in [-0.2, 0) is 17.8 Å². The Labute approximate surface area is 175 Å². The van der Waals surface area contributed by atoms with Crippen molar-refractivity contribution >= 4 is 11.6 Å². The Kier molecular flexibility index (Phi) is 5.79. The second-order valence-electron chi connectivity index (χ2n) is 6.69. The maximum Gasteiger partial charge on any atom is 0.328 e. The van der Waals surface area contributed by atoms with E-state index in [-0.39, 0.29) is 18.9 Å². The highest BCUT2D eigenvalue weighted by Gasteiger charge is 2.13. The Morgan fingerprint density at radius 2 is 2.00 bits per heavy atom. The molecule has 0 saturated carbocycles. The SMILES string of the molecule is O=C(CCn1ccc(=O)[nH]c1=O)Nc1ccccc1Cc1nc(-c2cccnc2)no1. The van der Waals surface area contributed by atoms with Gasteiger partial charge in [-0.2, -0.15) is 4.98 Å². The van der Waals surface area contributed by atoms with Crippen LogP contribution in [0.25, 0.3) is 11.4 Å². The Morgan fingerprint density at radius 3 is 2.81 bits per heavy atom. The number of amides is 1.